The predicted molar refractivity (Wildman–Crippen MR) is 41.7 cm³/mol. The molecule has 0 aliphatic heterocycles. The average Bonchev–Trinajstić information content (AvgIpc) is 2.03. The van der Waals surface area contributed by atoms with E-state index in [2.05, 4.69) is 9.97 Å². The Balaban J connectivity index is 3.20. The molecule has 0 spiro atoms. The summed E-state index contributed by atoms with van der Waals surface area (Å²) in [6.45, 7) is 0. The lowest BCUT2D eigenvalue weighted by Gasteiger charge is -1.98. The number of nitrogens with zero attached hydrogens (tertiary/aromatic N) is 2. The number of rotatable bonds is 2. The number of hydrogen-bond acceptors (Lipinski definition) is 5. The van der Waals surface area contributed by atoms with Gasteiger partial charge in [-0.25, -0.2) is 13.4 Å². The highest BCUT2D eigenvalue weighted by molar-refractivity contribution is 7.90. The molecule has 5 nitrogen and oxygen atoms in total. The second kappa shape index (κ2) is 3.06. The van der Waals surface area contributed by atoms with E-state index in [-0.39, 0.29) is 11.0 Å². The Kier molecular flexibility index (Phi) is 2.27. The van der Waals surface area contributed by atoms with Gasteiger partial charge in [-0.2, -0.15) is 4.98 Å². The second-order valence-electron chi connectivity index (χ2n) is 2.15. The molecule has 1 rings (SSSR count). The van der Waals surface area contributed by atoms with Crippen LogP contribution in [-0.2, 0) is 9.84 Å². The van der Waals surface area contributed by atoms with Crippen LogP contribution >= 0.6 is 0 Å². The monoisotopic (exact) mass is 188 g/mol. The largest absolute Gasteiger partial charge is 0.481 e. The van der Waals surface area contributed by atoms with E-state index < -0.39 is 9.84 Å². The van der Waals surface area contributed by atoms with Crippen molar-refractivity contribution in [1.82, 2.24) is 9.97 Å². The van der Waals surface area contributed by atoms with Crippen LogP contribution in [0.3, 0.4) is 0 Å². The Morgan fingerprint density at radius 2 is 2.17 bits per heavy atom. The summed E-state index contributed by atoms with van der Waals surface area (Å²) in [5.74, 6) is 0.241. The van der Waals surface area contributed by atoms with Gasteiger partial charge >= 0.3 is 0 Å². The molecule has 12 heavy (non-hydrogen) atoms. The van der Waals surface area contributed by atoms with Gasteiger partial charge in [0, 0.05) is 18.5 Å². The Morgan fingerprint density at radius 3 is 2.67 bits per heavy atom. The van der Waals surface area contributed by atoms with E-state index in [9.17, 15) is 8.42 Å². The maximum Gasteiger partial charge on any atom is 0.250 e. The van der Waals surface area contributed by atoms with E-state index >= 15 is 0 Å². The molecule has 1 aromatic heterocycles. The summed E-state index contributed by atoms with van der Waals surface area (Å²) in [6, 6.07) is 1.48. The van der Waals surface area contributed by atoms with E-state index in [1.54, 1.807) is 0 Å². The van der Waals surface area contributed by atoms with Crippen LogP contribution in [0.1, 0.15) is 0 Å². The molecule has 0 saturated heterocycles. The van der Waals surface area contributed by atoms with Crippen molar-refractivity contribution >= 4 is 9.84 Å². The fraction of sp³-hybridized carbons (Fsp3) is 0.333. The van der Waals surface area contributed by atoms with E-state index in [1.165, 1.54) is 19.4 Å². The van der Waals surface area contributed by atoms with Gasteiger partial charge in [-0.05, 0) is 0 Å². The third kappa shape index (κ3) is 1.91. The van der Waals surface area contributed by atoms with Gasteiger partial charge < -0.3 is 4.74 Å². The Hall–Kier alpha value is -1.17. The summed E-state index contributed by atoms with van der Waals surface area (Å²) in [7, 11) is -1.93. The van der Waals surface area contributed by atoms with Crippen molar-refractivity contribution in [1.29, 1.82) is 0 Å². The van der Waals surface area contributed by atoms with Crippen molar-refractivity contribution in [3.63, 3.8) is 0 Å². The highest BCUT2D eigenvalue weighted by Gasteiger charge is 2.10. The normalized spacial score (nSPS) is 11.2. The number of methoxy groups -OCH3 is 1. The first-order valence-corrected chi connectivity index (χ1v) is 5.00. The first-order valence-electron chi connectivity index (χ1n) is 3.11. The van der Waals surface area contributed by atoms with Crippen molar-refractivity contribution in [3.05, 3.63) is 12.3 Å². The number of aromatic nitrogens is 2. The first-order chi connectivity index (χ1) is 5.54. The molecule has 66 valence electrons. The van der Waals surface area contributed by atoms with Crippen LogP contribution in [0.2, 0.25) is 0 Å². The van der Waals surface area contributed by atoms with E-state index in [0.29, 0.717) is 0 Å². The Morgan fingerprint density at radius 1 is 1.50 bits per heavy atom. The molecule has 6 heteroatoms. The zero-order valence-electron chi connectivity index (χ0n) is 6.68. The van der Waals surface area contributed by atoms with Crippen molar-refractivity contribution < 1.29 is 13.2 Å². The van der Waals surface area contributed by atoms with Crippen LogP contribution in [0.15, 0.2) is 17.4 Å². The van der Waals surface area contributed by atoms with E-state index in [0.717, 1.165) is 6.26 Å². The van der Waals surface area contributed by atoms with Crippen molar-refractivity contribution in [2.75, 3.05) is 13.4 Å². The summed E-state index contributed by atoms with van der Waals surface area (Å²) >= 11 is 0. The molecule has 0 fully saturated rings. The fourth-order valence-electron chi connectivity index (χ4n) is 0.618. The molecular weight excluding hydrogens is 180 g/mol. The zero-order valence-corrected chi connectivity index (χ0v) is 7.50. The van der Waals surface area contributed by atoms with Crippen LogP contribution in [0.4, 0.5) is 0 Å². The Bertz CT molecular complexity index is 374. The number of ether oxygens (including phenoxy) is 1. The minimum Gasteiger partial charge on any atom is -0.481 e. The van der Waals surface area contributed by atoms with E-state index in [4.69, 9.17) is 4.74 Å². The van der Waals surface area contributed by atoms with Gasteiger partial charge in [0.25, 0.3) is 0 Å². The van der Waals surface area contributed by atoms with Gasteiger partial charge in [0.1, 0.15) is 0 Å². The fourth-order valence-corrected chi connectivity index (χ4v) is 1.13. The molecule has 0 N–H and O–H groups in total. The van der Waals surface area contributed by atoms with Gasteiger partial charge in [0.2, 0.25) is 20.9 Å². The van der Waals surface area contributed by atoms with Gasteiger partial charge in [0.15, 0.2) is 0 Å². The molecule has 0 unspecified atom stereocenters. The molecule has 0 atom stereocenters. The Labute approximate surface area is 70.3 Å². The lowest BCUT2D eigenvalue weighted by atomic mass is 10.6. The van der Waals surface area contributed by atoms with Crippen LogP contribution in [-0.4, -0.2) is 31.8 Å². The molecular formula is C6H8N2O3S. The highest BCUT2D eigenvalue weighted by atomic mass is 32.2. The maximum absolute atomic E-state index is 10.9. The molecule has 1 aromatic rings. The van der Waals surface area contributed by atoms with Crippen LogP contribution in [0.5, 0.6) is 5.88 Å². The molecule has 0 amide bonds. The quantitative estimate of drug-likeness (QED) is 0.605. The molecule has 0 aliphatic rings. The first kappa shape index (κ1) is 8.92. The molecule has 1 heterocycles. The van der Waals surface area contributed by atoms with Crippen LogP contribution in [0, 0.1) is 0 Å². The lowest BCUT2D eigenvalue weighted by Crippen LogP contribution is -2.04. The SMILES string of the molecule is COc1ccnc(S(C)(=O)=O)n1. The summed E-state index contributed by atoms with van der Waals surface area (Å²) in [5.41, 5.74) is 0. The predicted octanol–water partition coefficient (Wildman–Crippen LogP) is -0.111. The maximum atomic E-state index is 10.9. The standard InChI is InChI=1S/C6H8N2O3S/c1-11-5-3-4-7-6(8-5)12(2,9)10/h3-4H,1-2H3. The third-order valence-electron chi connectivity index (χ3n) is 1.15. The average molecular weight is 188 g/mol. The summed E-state index contributed by atoms with van der Waals surface area (Å²) in [6.07, 6.45) is 2.38. The molecule has 0 aromatic carbocycles. The van der Waals surface area contributed by atoms with Gasteiger partial charge in [0.05, 0.1) is 7.11 Å². The third-order valence-corrected chi connectivity index (χ3v) is 2.01. The van der Waals surface area contributed by atoms with Crippen LogP contribution < -0.4 is 4.74 Å². The van der Waals surface area contributed by atoms with Gasteiger partial charge in [-0.1, -0.05) is 0 Å². The molecule has 0 radical (unpaired) electrons. The number of sulfone groups is 1. The van der Waals surface area contributed by atoms with Gasteiger partial charge in [-0.15, -0.1) is 0 Å². The topological polar surface area (TPSA) is 69.2 Å². The zero-order chi connectivity index (χ0) is 9.19. The second-order valence-corrected chi connectivity index (χ2v) is 4.06. The molecule has 0 aliphatic carbocycles. The number of hydrogen-bond donors (Lipinski definition) is 0. The van der Waals surface area contributed by atoms with Crippen molar-refractivity contribution in [3.8, 4) is 5.88 Å². The highest BCUT2D eigenvalue weighted by Crippen LogP contribution is 2.07. The summed E-state index contributed by atoms with van der Waals surface area (Å²) in [4.78, 5) is 7.22. The smallest absolute Gasteiger partial charge is 0.250 e. The van der Waals surface area contributed by atoms with Crippen molar-refractivity contribution in [2.45, 2.75) is 5.16 Å². The van der Waals surface area contributed by atoms with Gasteiger partial charge in [-0.3, -0.25) is 0 Å². The minimum absolute atomic E-state index is 0.221. The van der Waals surface area contributed by atoms with Crippen LogP contribution in [0.25, 0.3) is 0 Å². The minimum atomic E-state index is -3.34. The lowest BCUT2D eigenvalue weighted by molar-refractivity contribution is 0.391. The molecule has 0 bridgehead atoms. The summed E-state index contributed by atoms with van der Waals surface area (Å²) < 4.78 is 26.6. The van der Waals surface area contributed by atoms with E-state index in [1.807, 2.05) is 0 Å². The van der Waals surface area contributed by atoms with Crippen molar-refractivity contribution in [2.24, 2.45) is 0 Å². The molecule has 0 saturated carbocycles. The summed E-state index contributed by atoms with van der Waals surface area (Å²) in [5, 5.41) is -0.221.